The lowest BCUT2D eigenvalue weighted by molar-refractivity contribution is 0.612. The number of aryl methyl sites for hydroxylation is 1. The van der Waals surface area contributed by atoms with Crippen molar-refractivity contribution in [1.82, 2.24) is 10.6 Å². The van der Waals surface area contributed by atoms with Gasteiger partial charge >= 0.3 is 0 Å². The molecule has 0 aromatic heterocycles. The van der Waals surface area contributed by atoms with Crippen molar-refractivity contribution in [2.24, 2.45) is 4.99 Å². The maximum atomic E-state index is 4.38. The van der Waals surface area contributed by atoms with Crippen molar-refractivity contribution in [2.75, 3.05) is 7.05 Å². The summed E-state index contributed by atoms with van der Waals surface area (Å²) < 4.78 is 0. The minimum Gasteiger partial charge on any atom is -0.354 e. The third-order valence-electron chi connectivity index (χ3n) is 4.62. The van der Waals surface area contributed by atoms with E-state index < -0.39 is 0 Å². The summed E-state index contributed by atoms with van der Waals surface area (Å²) in [4.78, 5) is 4.38. The van der Waals surface area contributed by atoms with Gasteiger partial charge in [0.25, 0.3) is 0 Å². The molecule has 0 aliphatic heterocycles. The van der Waals surface area contributed by atoms with Gasteiger partial charge in [-0.25, -0.2) is 0 Å². The molecule has 2 atom stereocenters. The van der Waals surface area contributed by atoms with Crippen LogP contribution in [0.3, 0.4) is 0 Å². The molecule has 0 saturated heterocycles. The summed E-state index contributed by atoms with van der Waals surface area (Å²) in [5.41, 5.74) is 2.89. The lowest BCUT2D eigenvalue weighted by Crippen LogP contribution is -2.43. The normalized spacial score (nSPS) is 26.6. The molecule has 0 radical (unpaired) electrons. The molecular weight excluding hydrogens is 246 g/mol. The number of nitrogens with one attached hydrogen (secondary N) is 2. The van der Waals surface area contributed by atoms with Crippen LogP contribution in [0.1, 0.15) is 49.1 Å². The second-order valence-corrected chi connectivity index (χ2v) is 6.15. The van der Waals surface area contributed by atoms with E-state index in [9.17, 15) is 0 Å². The standard InChI is InChI=1S/C17H25N3/c1-12-7-3-6-10-14(12)15-11-16(15)20-17(18-2)19-13-8-4-5-9-13/h3,6-7,10,13,15-16H,4-5,8-9,11H2,1-2H3,(H2,18,19,20). The van der Waals surface area contributed by atoms with Crippen LogP contribution in [0, 0.1) is 6.92 Å². The summed E-state index contributed by atoms with van der Waals surface area (Å²) in [7, 11) is 1.87. The number of nitrogens with zero attached hydrogens (tertiary/aromatic N) is 1. The van der Waals surface area contributed by atoms with E-state index in [1.807, 2.05) is 7.05 Å². The second kappa shape index (κ2) is 5.86. The first-order valence-corrected chi connectivity index (χ1v) is 7.83. The molecule has 2 aliphatic rings. The Labute approximate surface area is 121 Å². The van der Waals surface area contributed by atoms with Gasteiger partial charge < -0.3 is 10.6 Å². The number of hydrogen-bond acceptors (Lipinski definition) is 1. The van der Waals surface area contributed by atoms with Gasteiger partial charge in [0.1, 0.15) is 0 Å². The molecule has 2 saturated carbocycles. The fourth-order valence-electron chi connectivity index (χ4n) is 3.31. The van der Waals surface area contributed by atoms with Crippen molar-refractivity contribution in [3.8, 4) is 0 Å². The van der Waals surface area contributed by atoms with E-state index in [0.717, 1.165) is 5.96 Å². The lowest BCUT2D eigenvalue weighted by atomic mass is 10.0. The third-order valence-corrected chi connectivity index (χ3v) is 4.62. The van der Waals surface area contributed by atoms with Gasteiger partial charge in [-0.2, -0.15) is 0 Å². The van der Waals surface area contributed by atoms with Gasteiger partial charge in [0, 0.05) is 25.0 Å². The first-order valence-electron chi connectivity index (χ1n) is 7.83. The van der Waals surface area contributed by atoms with Crippen LogP contribution in [-0.4, -0.2) is 25.1 Å². The Kier molecular flexibility index (Phi) is 3.95. The first-order chi connectivity index (χ1) is 9.78. The summed E-state index contributed by atoms with van der Waals surface area (Å²) in [5, 5.41) is 7.14. The van der Waals surface area contributed by atoms with Crippen LogP contribution in [-0.2, 0) is 0 Å². The Hall–Kier alpha value is -1.51. The molecule has 3 rings (SSSR count). The number of benzene rings is 1. The second-order valence-electron chi connectivity index (χ2n) is 6.15. The Morgan fingerprint density at radius 2 is 1.90 bits per heavy atom. The monoisotopic (exact) mass is 271 g/mol. The zero-order valence-electron chi connectivity index (χ0n) is 12.5. The van der Waals surface area contributed by atoms with Gasteiger partial charge in [0.15, 0.2) is 5.96 Å². The molecule has 3 nitrogen and oxygen atoms in total. The van der Waals surface area contributed by atoms with Gasteiger partial charge in [-0.15, -0.1) is 0 Å². The SMILES string of the molecule is CN=C(NC1CCCC1)NC1CC1c1ccccc1C. The van der Waals surface area contributed by atoms with E-state index in [-0.39, 0.29) is 0 Å². The van der Waals surface area contributed by atoms with Crippen molar-refractivity contribution >= 4 is 5.96 Å². The third kappa shape index (κ3) is 2.97. The summed E-state index contributed by atoms with van der Waals surface area (Å²) in [6.07, 6.45) is 6.49. The van der Waals surface area contributed by atoms with Crippen LogP contribution in [0.4, 0.5) is 0 Å². The van der Waals surface area contributed by atoms with Crippen LogP contribution < -0.4 is 10.6 Å². The molecule has 20 heavy (non-hydrogen) atoms. The van der Waals surface area contributed by atoms with Crippen LogP contribution in [0.15, 0.2) is 29.3 Å². The van der Waals surface area contributed by atoms with Crippen LogP contribution in [0.25, 0.3) is 0 Å². The van der Waals surface area contributed by atoms with Gasteiger partial charge in [-0.05, 0) is 37.3 Å². The van der Waals surface area contributed by atoms with Crippen LogP contribution in [0.5, 0.6) is 0 Å². The highest BCUT2D eigenvalue weighted by Gasteiger charge is 2.39. The lowest BCUT2D eigenvalue weighted by Gasteiger charge is -2.17. The molecule has 2 unspecified atom stereocenters. The highest BCUT2D eigenvalue weighted by atomic mass is 15.2. The van der Waals surface area contributed by atoms with Crippen LogP contribution >= 0.6 is 0 Å². The smallest absolute Gasteiger partial charge is 0.191 e. The van der Waals surface area contributed by atoms with E-state index in [1.165, 1.54) is 43.2 Å². The summed E-state index contributed by atoms with van der Waals surface area (Å²) in [5.74, 6) is 1.64. The zero-order valence-corrected chi connectivity index (χ0v) is 12.5. The quantitative estimate of drug-likeness (QED) is 0.655. The minimum atomic E-state index is 0.545. The van der Waals surface area contributed by atoms with Crippen molar-refractivity contribution in [2.45, 2.75) is 57.0 Å². The highest BCUT2D eigenvalue weighted by molar-refractivity contribution is 5.80. The van der Waals surface area contributed by atoms with E-state index in [4.69, 9.17) is 0 Å². The number of aliphatic imine (C=N–C) groups is 1. The van der Waals surface area contributed by atoms with E-state index in [0.29, 0.717) is 18.0 Å². The largest absolute Gasteiger partial charge is 0.354 e. The summed E-state index contributed by atoms with van der Waals surface area (Å²) >= 11 is 0. The Morgan fingerprint density at radius 1 is 1.15 bits per heavy atom. The molecular formula is C17H25N3. The molecule has 2 N–H and O–H groups in total. The van der Waals surface area contributed by atoms with E-state index >= 15 is 0 Å². The number of hydrogen-bond donors (Lipinski definition) is 2. The highest BCUT2D eigenvalue weighted by Crippen LogP contribution is 2.42. The molecule has 2 fully saturated rings. The Balaban J connectivity index is 1.55. The van der Waals surface area contributed by atoms with Crippen LogP contribution in [0.2, 0.25) is 0 Å². The van der Waals surface area contributed by atoms with Crippen molar-refractivity contribution in [3.05, 3.63) is 35.4 Å². The minimum absolute atomic E-state index is 0.545. The predicted molar refractivity (Wildman–Crippen MR) is 84.2 cm³/mol. The average Bonchev–Trinajstić information content (AvgIpc) is 3.01. The van der Waals surface area contributed by atoms with Crippen molar-refractivity contribution in [3.63, 3.8) is 0 Å². The fourth-order valence-corrected chi connectivity index (χ4v) is 3.31. The van der Waals surface area contributed by atoms with Crippen molar-refractivity contribution in [1.29, 1.82) is 0 Å². The zero-order chi connectivity index (χ0) is 13.9. The Bertz CT molecular complexity index is 489. The van der Waals surface area contributed by atoms with E-state index in [1.54, 1.807) is 0 Å². The molecule has 1 aromatic carbocycles. The molecule has 0 spiro atoms. The molecule has 108 valence electrons. The maximum absolute atomic E-state index is 4.38. The van der Waals surface area contributed by atoms with Gasteiger partial charge in [-0.3, -0.25) is 4.99 Å². The molecule has 0 amide bonds. The van der Waals surface area contributed by atoms with E-state index in [2.05, 4.69) is 46.8 Å². The van der Waals surface area contributed by atoms with Gasteiger partial charge in [0.05, 0.1) is 0 Å². The molecule has 0 bridgehead atoms. The maximum Gasteiger partial charge on any atom is 0.191 e. The molecule has 2 aliphatic carbocycles. The molecule has 3 heteroatoms. The Morgan fingerprint density at radius 3 is 2.60 bits per heavy atom. The average molecular weight is 271 g/mol. The van der Waals surface area contributed by atoms with Gasteiger partial charge in [0.2, 0.25) is 0 Å². The summed E-state index contributed by atoms with van der Waals surface area (Å²) in [6.45, 7) is 2.20. The fraction of sp³-hybridized carbons (Fsp3) is 0.588. The number of rotatable bonds is 3. The summed E-state index contributed by atoms with van der Waals surface area (Å²) in [6, 6.07) is 9.89. The first kappa shape index (κ1) is 13.5. The molecule has 1 aromatic rings. The van der Waals surface area contributed by atoms with Gasteiger partial charge in [-0.1, -0.05) is 37.1 Å². The topological polar surface area (TPSA) is 36.4 Å². The number of guanidine groups is 1. The predicted octanol–water partition coefficient (Wildman–Crippen LogP) is 2.96. The molecule has 0 heterocycles. The van der Waals surface area contributed by atoms with Crippen molar-refractivity contribution < 1.29 is 0 Å².